The zero-order valence-corrected chi connectivity index (χ0v) is 14.0. The Balaban J connectivity index is 1.88. The van der Waals surface area contributed by atoms with Crippen LogP contribution < -0.4 is 5.56 Å². The third-order valence-corrected chi connectivity index (χ3v) is 4.08. The van der Waals surface area contributed by atoms with Gasteiger partial charge in [0.2, 0.25) is 5.82 Å². The number of halogens is 3. The van der Waals surface area contributed by atoms with Crippen LogP contribution in [0.3, 0.4) is 0 Å². The second-order valence-corrected chi connectivity index (χ2v) is 5.96. The fourth-order valence-electron chi connectivity index (χ4n) is 2.78. The molecule has 27 heavy (non-hydrogen) atoms. The molecule has 0 fully saturated rings. The van der Waals surface area contributed by atoms with Gasteiger partial charge in [-0.05, 0) is 30.7 Å². The Morgan fingerprint density at radius 1 is 1.19 bits per heavy atom. The van der Waals surface area contributed by atoms with Crippen LogP contribution in [0.1, 0.15) is 17.0 Å². The number of rotatable bonds is 3. The Morgan fingerprint density at radius 3 is 2.78 bits per heavy atom. The Kier molecular flexibility index (Phi) is 3.98. The van der Waals surface area contributed by atoms with E-state index in [0.717, 1.165) is 18.2 Å². The lowest BCUT2D eigenvalue weighted by atomic mass is 10.1. The molecule has 0 aliphatic carbocycles. The van der Waals surface area contributed by atoms with Gasteiger partial charge in [-0.1, -0.05) is 0 Å². The van der Waals surface area contributed by atoms with Crippen LogP contribution in [0, 0.1) is 24.4 Å². The van der Waals surface area contributed by atoms with Gasteiger partial charge >= 0.3 is 0 Å². The molecule has 0 saturated carbocycles. The zero-order chi connectivity index (χ0) is 19.1. The van der Waals surface area contributed by atoms with Crippen molar-refractivity contribution in [3.05, 3.63) is 81.5 Å². The van der Waals surface area contributed by atoms with Crippen molar-refractivity contribution >= 4 is 5.65 Å². The topological polar surface area (TPSA) is 75.9 Å². The SMILES string of the molecule is Cc1nc(-c2cn3ccnc3c(Cc3cc(F)ccc3F)n2)[nH]c(=O)c1F. The highest BCUT2D eigenvalue weighted by atomic mass is 19.1. The van der Waals surface area contributed by atoms with Crippen LogP contribution in [-0.4, -0.2) is 24.3 Å². The maximum atomic E-state index is 14.0. The van der Waals surface area contributed by atoms with Crippen LogP contribution in [0.15, 0.2) is 41.6 Å². The first kappa shape index (κ1) is 17.0. The Morgan fingerprint density at radius 2 is 2.00 bits per heavy atom. The minimum atomic E-state index is -0.968. The molecule has 0 aliphatic rings. The molecule has 0 bridgehead atoms. The molecule has 4 aromatic rings. The number of hydrogen-bond donors (Lipinski definition) is 1. The summed E-state index contributed by atoms with van der Waals surface area (Å²) in [6, 6.07) is 3.16. The van der Waals surface area contributed by atoms with Gasteiger partial charge in [-0.15, -0.1) is 0 Å². The maximum absolute atomic E-state index is 14.0. The van der Waals surface area contributed by atoms with Crippen molar-refractivity contribution in [3.8, 4) is 11.5 Å². The van der Waals surface area contributed by atoms with Crippen LogP contribution in [0.25, 0.3) is 17.2 Å². The van der Waals surface area contributed by atoms with E-state index < -0.39 is 23.0 Å². The van der Waals surface area contributed by atoms with Gasteiger partial charge in [0.05, 0.1) is 11.4 Å². The van der Waals surface area contributed by atoms with E-state index in [1.165, 1.54) is 13.1 Å². The lowest BCUT2D eigenvalue weighted by Crippen LogP contribution is -2.16. The minimum absolute atomic E-state index is 0.0254. The Bertz CT molecular complexity index is 1230. The summed E-state index contributed by atoms with van der Waals surface area (Å²) in [7, 11) is 0. The fraction of sp³-hybridized carbons (Fsp3) is 0.111. The number of aryl methyl sites for hydroxylation is 1. The van der Waals surface area contributed by atoms with E-state index in [-0.39, 0.29) is 29.2 Å². The van der Waals surface area contributed by atoms with Gasteiger partial charge < -0.3 is 9.38 Å². The lowest BCUT2D eigenvalue weighted by Gasteiger charge is -2.09. The third kappa shape index (κ3) is 3.07. The van der Waals surface area contributed by atoms with E-state index in [0.29, 0.717) is 11.3 Å². The van der Waals surface area contributed by atoms with Gasteiger partial charge in [-0.2, -0.15) is 4.39 Å². The number of hydrogen-bond acceptors (Lipinski definition) is 4. The number of fused-ring (bicyclic) bond motifs is 1. The van der Waals surface area contributed by atoms with Crippen molar-refractivity contribution < 1.29 is 13.2 Å². The summed E-state index contributed by atoms with van der Waals surface area (Å²) in [5, 5.41) is 0. The molecule has 4 rings (SSSR count). The van der Waals surface area contributed by atoms with Gasteiger partial charge in [-0.25, -0.2) is 23.7 Å². The number of nitrogens with one attached hydrogen (secondary N) is 1. The summed E-state index contributed by atoms with van der Waals surface area (Å²) >= 11 is 0. The summed E-state index contributed by atoms with van der Waals surface area (Å²) in [4.78, 5) is 26.6. The molecule has 1 N–H and O–H groups in total. The molecular weight excluding hydrogens is 359 g/mol. The molecule has 0 radical (unpaired) electrons. The predicted octanol–water partition coefficient (Wildman–Crippen LogP) is 2.80. The molecule has 3 aromatic heterocycles. The van der Waals surface area contributed by atoms with Crippen molar-refractivity contribution in [1.82, 2.24) is 24.3 Å². The molecule has 9 heteroatoms. The second kappa shape index (κ2) is 6.35. The highest BCUT2D eigenvalue weighted by molar-refractivity contribution is 5.55. The fourth-order valence-corrected chi connectivity index (χ4v) is 2.78. The van der Waals surface area contributed by atoms with Crippen LogP contribution in [0.5, 0.6) is 0 Å². The Hall–Kier alpha value is -3.49. The zero-order valence-electron chi connectivity index (χ0n) is 14.0. The standard InChI is InChI=1S/C18H12F3N5O/c1-9-15(21)18(27)25-16(23-9)14-8-26-5-4-22-17(26)13(24-14)7-10-6-11(19)2-3-12(10)20/h2-6,8H,7H2,1H3,(H,23,25,27). The molecule has 0 spiro atoms. The first-order valence-corrected chi connectivity index (χ1v) is 7.95. The molecule has 6 nitrogen and oxygen atoms in total. The normalized spacial score (nSPS) is 11.3. The summed E-state index contributed by atoms with van der Waals surface area (Å²) < 4.78 is 42.7. The molecule has 3 heterocycles. The largest absolute Gasteiger partial charge is 0.303 e. The van der Waals surface area contributed by atoms with Gasteiger partial charge in [0.15, 0.2) is 11.5 Å². The van der Waals surface area contributed by atoms with E-state index >= 15 is 0 Å². The summed E-state index contributed by atoms with van der Waals surface area (Å²) in [6.07, 6.45) is 4.70. The van der Waals surface area contributed by atoms with Crippen molar-refractivity contribution in [2.45, 2.75) is 13.3 Å². The number of benzene rings is 1. The van der Waals surface area contributed by atoms with Crippen LogP contribution in [-0.2, 0) is 6.42 Å². The van der Waals surface area contributed by atoms with E-state index in [1.807, 2.05) is 0 Å². The predicted molar refractivity (Wildman–Crippen MR) is 90.7 cm³/mol. The highest BCUT2D eigenvalue weighted by Crippen LogP contribution is 2.20. The number of H-pyrrole nitrogens is 1. The quantitative estimate of drug-likeness (QED) is 0.601. The average molecular weight is 371 g/mol. The molecular formula is C18H12F3N5O. The average Bonchev–Trinajstić information content (AvgIpc) is 3.11. The van der Waals surface area contributed by atoms with E-state index in [9.17, 15) is 18.0 Å². The summed E-state index contributed by atoms with van der Waals surface area (Å²) in [5.41, 5.74) is 0.172. The van der Waals surface area contributed by atoms with E-state index in [1.54, 1.807) is 16.8 Å². The molecule has 1 aromatic carbocycles. The van der Waals surface area contributed by atoms with E-state index in [2.05, 4.69) is 19.9 Å². The Labute approximate surface area is 150 Å². The minimum Gasteiger partial charge on any atom is -0.303 e. The molecule has 0 saturated heterocycles. The van der Waals surface area contributed by atoms with Crippen molar-refractivity contribution in [2.75, 3.05) is 0 Å². The van der Waals surface area contributed by atoms with Crippen molar-refractivity contribution in [2.24, 2.45) is 0 Å². The van der Waals surface area contributed by atoms with Crippen LogP contribution >= 0.6 is 0 Å². The second-order valence-electron chi connectivity index (χ2n) is 5.96. The third-order valence-electron chi connectivity index (χ3n) is 4.08. The summed E-state index contributed by atoms with van der Waals surface area (Å²) in [6.45, 7) is 1.37. The van der Waals surface area contributed by atoms with Crippen molar-refractivity contribution in [3.63, 3.8) is 0 Å². The van der Waals surface area contributed by atoms with Gasteiger partial charge in [0, 0.05) is 25.0 Å². The molecule has 0 atom stereocenters. The van der Waals surface area contributed by atoms with E-state index in [4.69, 9.17) is 0 Å². The molecule has 0 unspecified atom stereocenters. The van der Waals surface area contributed by atoms with Crippen LogP contribution in [0.2, 0.25) is 0 Å². The number of aromatic amines is 1. The van der Waals surface area contributed by atoms with Gasteiger partial charge in [-0.3, -0.25) is 4.79 Å². The molecule has 0 aliphatic heterocycles. The van der Waals surface area contributed by atoms with Gasteiger partial charge in [0.1, 0.15) is 17.3 Å². The lowest BCUT2D eigenvalue weighted by molar-refractivity contribution is 0.587. The summed E-state index contributed by atoms with van der Waals surface area (Å²) in [5.74, 6) is -2.04. The first-order valence-electron chi connectivity index (χ1n) is 7.95. The monoisotopic (exact) mass is 371 g/mol. The number of aromatic nitrogens is 5. The van der Waals surface area contributed by atoms with Crippen molar-refractivity contribution in [1.29, 1.82) is 0 Å². The number of nitrogens with zero attached hydrogens (tertiary/aromatic N) is 4. The smallest absolute Gasteiger partial charge is 0.287 e. The number of imidazole rings is 1. The molecule has 0 amide bonds. The van der Waals surface area contributed by atoms with Crippen LogP contribution in [0.4, 0.5) is 13.2 Å². The first-order chi connectivity index (χ1) is 12.9. The molecule has 136 valence electrons. The van der Waals surface area contributed by atoms with Gasteiger partial charge in [0.25, 0.3) is 5.56 Å². The highest BCUT2D eigenvalue weighted by Gasteiger charge is 2.15. The maximum Gasteiger partial charge on any atom is 0.287 e.